The van der Waals surface area contributed by atoms with Crippen molar-refractivity contribution in [3.63, 3.8) is 0 Å². The average Bonchev–Trinajstić information content (AvgIpc) is 3.08. The topological polar surface area (TPSA) is 52.9 Å². The van der Waals surface area contributed by atoms with E-state index < -0.39 is 0 Å². The molecule has 4 aromatic rings. The molecule has 0 N–H and O–H groups in total. The zero-order valence-corrected chi connectivity index (χ0v) is 25.2. The second-order valence-electron chi connectivity index (χ2n) is 9.24. The number of hydrogen-bond donors (Lipinski definition) is 0. The van der Waals surface area contributed by atoms with Crippen LogP contribution in [0.2, 0.25) is 0 Å². The van der Waals surface area contributed by atoms with E-state index in [0.717, 1.165) is 44.8 Å². The van der Waals surface area contributed by atoms with Gasteiger partial charge in [0.05, 0.1) is 11.4 Å². The molecule has 0 aliphatic carbocycles. The Morgan fingerprint density at radius 3 is 0.907 bits per heavy atom. The first kappa shape index (κ1) is 31.0. The Morgan fingerprint density at radius 1 is 0.395 bits per heavy atom. The molecule has 0 saturated heterocycles. The maximum atomic E-state index is 4.70. The van der Waals surface area contributed by atoms with E-state index in [4.69, 9.17) is 9.98 Å². The van der Waals surface area contributed by atoms with Crippen LogP contribution >= 0.6 is 0 Å². The molecule has 0 unspecified atom stereocenters. The molecule has 6 rings (SSSR count). The van der Waals surface area contributed by atoms with E-state index in [2.05, 4.69) is 59.2 Å². The van der Waals surface area contributed by atoms with E-state index in [1.807, 2.05) is 110 Å². The summed E-state index contributed by atoms with van der Waals surface area (Å²) in [5.74, 6) is 0. The molecule has 2 aliphatic rings. The summed E-state index contributed by atoms with van der Waals surface area (Å²) in [7, 11) is 0. The van der Waals surface area contributed by atoms with E-state index >= 15 is 0 Å². The summed E-state index contributed by atoms with van der Waals surface area (Å²) in [6.07, 6.45) is 18.6. The summed E-state index contributed by atoms with van der Waals surface area (Å²) in [5, 5.41) is 8.04. The first-order chi connectivity index (χ1) is 20.9. The predicted octanol–water partition coefficient (Wildman–Crippen LogP) is 9.26. The molecule has 0 saturated carbocycles. The molecule has 0 fully saturated rings. The van der Waals surface area contributed by atoms with Crippen LogP contribution in [-0.4, -0.2) is 34.5 Å². The van der Waals surface area contributed by atoms with Crippen LogP contribution in [0.3, 0.4) is 0 Å². The zero-order chi connectivity index (χ0) is 28.7. The van der Waals surface area contributed by atoms with Gasteiger partial charge in [-0.15, -0.1) is 0 Å². The van der Waals surface area contributed by atoms with Crippen LogP contribution < -0.4 is 0 Å². The van der Waals surface area contributed by atoms with E-state index in [-0.39, 0.29) is 23.1 Å². The fourth-order valence-corrected chi connectivity index (χ4v) is 4.19. The van der Waals surface area contributed by atoms with Crippen LogP contribution in [0.25, 0.3) is 10.6 Å². The van der Waals surface area contributed by atoms with Crippen molar-refractivity contribution in [3.8, 4) is 0 Å². The van der Waals surface area contributed by atoms with Gasteiger partial charge in [0.25, 0.3) is 0 Å². The minimum atomic E-state index is 0. The summed E-state index contributed by atoms with van der Waals surface area (Å²) in [4.78, 5) is 9.40. The van der Waals surface area contributed by atoms with Crippen molar-refractivity contribution < 1.29 is 0 Å². The first-order valence-corrected chi connectivity index (χ1v) is 13.7. The van der Waals surface area contributed by atoms with Crippen molar-refractivity contribution >= 4 is 34.5 Å². The Bertz CT molecular complexity index is 1440. The van der Waals surface area contributed by atoms with Crippen LogP contribution in [0.15, 0.2) is 204 Å². The number of hydrogen-bond acceptors (Lipinski definition) is 2. The van der Waals surface area contributed by atoms with Gasteiger partial charge in [-0.25, -0.2) is 0 Å². The van der Waals surface area contributed by atoms with Crippen LogP contribution in [0, 0.1) is 0 Å². The molecule has 2 aliphatic heterocycles. The van der Waals surface area contributed by atoms with E-state index in [1.54, 1.807) is 24.8 Å². The van der Waals surface area contributed by atoms with Crippen LogP contribution in [0.4, 0.5) is 0 Å². The minimum Gasteiger partial charge on any atom is -0.670 e. The van der Waals surface area contributed by atoms with Crippen LogP contribution in [0.1, 0.15) is 22.3 Å². The third kappa shape index (κ3) is 9.53. The Morgan fingerprint density at radius 2 is 0.651 bits per heavy atom. The Kier molecular flexibility index (Phi) is 12.3. The van der Waals surface area contributed by atoms with Gasteiger partial charge in [0, 0.05) is 34.7 Å². The molecule has 43 heavy (non-hydrogen) atoms. The number of allylic oxidation sites excluding steroid dienone is 6. The van der Waals surface area contributed by atoms with Gasteiger partial charge in [-0.3, -0.25) is 9.98 Å². The molecular formula is C38H30MgN4. The molecule has 0 atom stereocenters. The Hall–Kier alpha value is -4.97. The van der Waals surface area contributed by atoms with Crippen molar-refractivity contribution in [3.05, 3.63) is 227 Å². The van der Waals surface area contributed by atoms with Gasteiger partial charge in [-0.1, -0.05) is 146 Å². The largest absolute Gasteiger partial charge is 2.00 e. The Balaban J connectivity index is 0.000000192. The molecule has 0 radical (unpaired) electrons. The number of aliphatic imine (C=N–C) groups is 2. The molecular weight excluding hydrogens is 537 g/mol. The van der Waals surface area contributed by atoms with E-state index in [0.29, 0.717) is 0 Å². The van der Waals surface area contributed by atoms with Crippen molar-refractivity contribution in [2.45, 2.75) is 0 Å². The summed E-state index contributed by atoms with van der Waals surface area (Å²) < 4.78 is 0. The van der Waals surface area contributed by atoms with Crippen LogP contribution in [0.5, 0.6) is 0 Å². The molecule has 2 heterocycles. The molecule has 0 bridgehead atoms. The molecule has 0 amide bonds. The summed E-state index contributed by atoms with van der Waals surface area (Å²) in [5.41, 5.74) is 8.43. The van der Waals surface area contributed by atoms with Gasteiger partial charge >= 0.3 is 23.1 Å². The molecule has 204 valence electrons. The van der Waals surface area contributed by atoms with Crippen molar-refractivity contribution in [2.24, 2.45) is 9.98 Å². The Labute approximate surface area is 270 Å². The maximum absolute atomic E-state index is 4.70. The summed E-state index contributed by atoms with van der Waals surface area (Å²) in [6, 6.07) is 40.9. The fourth-order valence-electron chi connectivity index (χ4n) is 4.19. The second kappa shape index (κ2) is 17.1. The van der Waals surface area contributed by atoms with Gasteiger partial charge in [0.15, 0.2) is 0 Å². The van der Waals surface area contributed by atoms with Gasteiger partial charge in [-0.2, -0.15) is 24.8 Å². The summed E-state index contributed by atoms with van der Waals surface area (Å²) >= 11 is 0. The monoisotopic (exact) mass is 566 g/mol. The fraction of sp³-hybridized carbons (Fsp3) is 0. The second-order valence-corrected chi connectivity index (χ2v) is 9.24. The zero-order valence-electron chi connectivity index (χ0n) is 23.8. The molecule has 4 nitrogen and oxygen atoms in total. The molecule has 0 spiro atoms. The third-order valence-electron chi connectivity index (χ3n) is 6.29. The van der Waals surface area contributed by atoms with Gasteiger partial charge < -0.3 is 10.6 Å². The average molecular weight is 567 g/mol. The standard InChI is InChI=1S/2C19H15N2.Mg/c2*1-3-7-17(8-4-1)19(18-9-5-2-6-10-18)21-15-16-11-13-20-14-12-16;/h2*1-15H;/q2*-1;+2. The predicted molar refractivity (Wildman–Crippen MR) is 182 cm³/mol. The van der Waals surface area contributed by atoms with Crippen LogP contribution in [-0.2, 0) is 0 Å². The smallest absolute Gasteiger partial charge is 0.670 e. The van der Waals surface area contributed by atoms with Gasteiger partial charge in [0.2, 0.25) is 0 Å². The number of nitrogens with zero attached hydrogens (tertiary/aromatic N) is 4. The number of rotatable bonds is 6. The van der Waals surface area contributed by atoms with Gasteiger partial charge in [-0.05, 0) is 11.1 Å². The quantitative estimate of drug-likeness (QED) is 0.165. The SMILES string of the molecule is C1=CC(=CN=C(c2ccccc2)c2ccccc2)C=C[N-]1.C1=CC(=CN=C(c2ccccc2)c2ccccc2)C=C[N-]1.[Mg+2]. The van der Waals surface area contributed by atoms with Crippen molar-refractivity contribution in [1.82, 2.24) is 0 Å². The summed E-state index contributed by atoms with van der Waals surface area (Å²) in [6.45, 7) is 0. The minimum absolute atomic E-state index is 0. The van der Waals surface area contributed by atoms with Crippen molar-refractivity contribution in [2.75, 3.05) is 0 Å². The molecule has 0 aromatic heterocycles. The first-order valence-electron chi connectivity index (χ1n) is 13.7. The van der Waals surface area contributed by atoms with E-state index in [1.165, 1.54) is 0 Å². The molecule has 4 aromatic carbocycles. The third-order valence-corrected chi connectivity index (χ3v) is 6.29. The molecule has 5 heteroatoms. The number of benzene rings is 4. The normalized spacial score (nSPS) is 12.4. The van der Waals surface area contributed by atoms with Gasteiger partial charge in [0.1, 0.15) is 0 Å². The van der Waals surface area contributed by atoms with E-state index in [9.17, 15) is 0 Å². The van der Waals surface area contributed by atoms with Crippen molar-refractivity contribution in [1.29, 1.82) is 0 Å². The maximum Gasteiger partial charge on any atom is 2.00 e.